The third kappa shape index (κ3) is 4.40. The Morgan fingerprint density at radius 3 is 2.38 bits per heavy atom. The molecule has 0 saturated carbocycles. The lowest BCUT2D eigenvalue weighted by Gasteiger charge is -2.10. The number of methoxy groups -OCH3 is 1. The van der Waals surface area contributed by atoms with Crippen molar-refractivity contribution in [2.45, 2.75) is 26.5 Å². The zero-order valence-corrected chi connectivity index (χ0v) is 12.4. The number of rotatable bonds is 7. The minimum Gasteiger partial charge on any atom is -0.377 e. The Morgan fingerprint density at radius 1 is 1.10 bits per heavy atom. The molecule has 0 bridgehead atoms. The predicted molar refractivity (Wildman–Crippen MR) is 83.7 cm³/mol. The molecule has 1 heterocycles. The molecule has 6 heteroatoms. The van der Waals surface area contributed by atoms with Crippen molar-refractivity contribution in [3.8, 4) is 0 Å². The summed E-state index contributed by atoms with van der Waals surface area (Å²) in [6, 6.07) is 10.3. The van der Waals surface area contributed by atoms with Gasteiger partial charge in [0.25, 0.3) is 0 Å². The summed E-state index contributed by atoms with van der Waals surface area (Å²) in [4.78, 5) is 8.58. The summed E-state index contributed by atoms with van der Waals surface area (Å²) in [6.45, 7) is 3.18. The molecule has 0 fully saturated rings. The van der Waals surface area contributed by atoms with Crippen LogP contribution < -0.4 is 16.6 Å². The zero-order chi connectivity index (χ0) is 15.1. The van der Waals surface area contributed by atoms with Crippen LogP contribution in [0, 0.1) is 0 Å². The van der Waals surface area contributed by atoms with Gasteiger partial charge in [-0.2, -0.15) is 0 Å². The third-order valence-electron chi connectivity index (χ3n) is 3.10. The standard InChI is InChI=1S/C15H21N5O/c1-3-11-4-6-12(7-5-11)9-17-13-8-14(20-16)19-15(18-13)10-21-2/h4-8H,3,9-10,16H2,1-2H3,(H2,17,18,19,20). The van der Waals surface area contributed by atoms with Gasteiger partial charge in [0.05, 0.1) is 0 Å². The Labute approximate surface area is 124 Å². The fraction of sp³-hybridized carbons (Fsp3) is 0.333. The van der Waals surface area contributed by atoms with Crippen LogP contribution in [0.2, 0.25) is 0 Å². The molecule has 4 N–H and O–H groups in total. The second kappa shape index (κ2) is 7.56. The number of hydrazine groups is 1. The average Bonchev–Trinajstić information content (AvgIpc) is 2.53. The third-order valence-corrected chi connectivity index (χ3v) is 3.10. The number of hydrogen-bond acceptors (Lipinski definition) is 6. The van der Waals surface area contributed by atoms with Gasteiger partial charge < -0.3 is 15.5 Å². The van der Waals surface area contributed by atoms with Crippen LogP contribution in [-0.2, 0) is 24.3 Å². The monoisotopic (exact) mass is 287 g/mol. The van der Waals surface area contributed by atoms with Crippen LogP contribution in [0.1, 0.15) is 23.9 Å². The highest BCUT2D eigenvalue weighted by atomic mass is 16.5. The molecule has 0 spiro atoms. The molecule has 6 nitrogen and oxygen atoms in total. The van der Waals surface area contributed by atoms with Gasteiger partial charge in [0, 0.05) is 19.7 Å². The highest BCUT2D eigenvalue weighted by Crippen LogP contribution is 2.13. The number of aromatic nitrogens is 2. The first-order chi connectivity index (χ1) is 10.2. The second-order valence-electron chi connectivity index (χ2n) is 4.66. The lowest BCUT2D eigenvalue weighted by Crippen LogP contribution is -2.12. The summed E-state index contributed by atoms with van der Waals surface area (Å²) in [5.41, 5.74) is 5.06. The van der Waals surface area contributed by atoms with Crippen molar-refractivity contribution in [3.63, 3.8) is 0 Å². The van der Waals surface area contributed by atoms with E-state index in [2.05, 4.69) is 51.9 Å². The lowest BCUT2D eigenvalue weighted by molar-refractivity contribution is 0.178. The van der Waals surface area contributed by atoms with E-state index in [1.165, 1.54) is 11.1 Å². The fourth-order valence-corrected chi connectivity index (χ4v) is 1.94. The normalized spacial score (nSPS) is 10.4. The van der Waals surface area contributed by atoms with E-state index in [1.54, 1.807) is 13.2 Å². The van der Waals surface area contributed by atoms with Crippen molar-refractivity contribution in [2.75, 3.05) is 17.9 Å². The van der Waals surface area contributed by atoms with Crippen LogP contribution in [0.15, 0.2) is 30.3 Å². The number of benzene rings is 1. The van der Waals surface area contributed by atoms with Gasteiger partial charge in [-0.05, 0) is 17.5 Å². The Hall–Kier alpha value is -2.18. The first kappa shape index (κ1) is 15.2. The number of nitrogens with zero attached hydrogens (tertiary/aromatic N) is 2. The molecule has 0 amide bonds. The summed E-state index contributed by atoms with van der Waals surface area (Å²) < 4.78 is 5.05. The minimum absolute atomic E-state index is 0.343. The molecular formula is C15H21N5O. The Bertz CT molecular complexity index is 571. The van der Waals surface area contributed by atoms with Gasteiger partial charge in [-0.25, -0.2) is 15.8 Å². The molecule has 2 rings (SSSR count). The molecule has 0 saturated heterocycles. The largest absolute Gasteiger partial charge is 0.377 e. The van der Waals surface area contributed by atoms with Crippen molar-refractivity contribution in [1.29, 1.82) is 0 Å². The molecule has 0 radical (unpaired) electrons. The summed E-state index contributed by atoms with van der Waals surface area (Å²) >= 11 is 0. The van der Waals surface area contributed by atoms with E-state index in [0.29, 0.717) is 30.6 Å². The fourth-order valence-electron chi connectivity index (χ4n) is 1.94. The molecule has 112 valence electrons. The molecule has 0 unspecified atom stereocenters. The number of aryl methyl sites for hydroxylation is 1. The van der Waals surface area contributed by atoms with Crippen LogP contribution >= 0.6 is 0 Å². The van der Waals surface area contributed by atoms with Gasteiger partial charge in [-0.3, -0.25) is 0 Å². The van der Waals surface area contributed by atoms with Crippen molar-refractivity contribution >= 4 is 11.6 Å². The van der Waals surface area contributed by atoms with Gasteiger partial charge in [-0.15, -0.1) is 0 Å². The molecule has 0 aliphatic rings. The minimum atomic E-state index is 0.343. The molecule has 0 aliphatic heterocycles. The van der Waals surface area contributed by atoms with Crippen molar-refractivity contribution < 1.29 is 4.74 Å². The highest BCUT2D eigenvalue weighted by molar-refractivity contribution is 5.47. The van der Waals surface area contributed by atoms with E-state index in [-0.39, 0.29) is 0 Å². The lowest BCUT2D eigenvalue weighted by atomic mass is 10.1. The van der Waals surface area contributed by atoms with E-state index in [0.717, 1.165) is 6.42 Å². The van der Waals surface area contributed by atoms with Gasteiger partial charge in [0.15, 0.2) is 5.82 Å². The zero-order valence-electron chi connectivity index (χ0n) is 12.4. The predicted octanol–water partition coefficient (Wildman–Crippen LogP) is 2.08. The number of nitrogens with one attached hydrogen (secondary N) is 2. The average molecular weight is 287 g/mol. The van der Waals surface area contributed by atoms with Crippen LogP contribution in [0.4, 0.5) is 11.6 Å². The summed E-state index contributed by atoms with van der Waals surface area (Å²) in [5, 5.41) is 3.27. The molecule has 0 atom stereocenters. The maximum atomic E-state index is 5.41. The summed E-state index contributed by atoms with van der Waals surface area (Å²) in [6.07, 6.45) is 1.05. The number of ether oxygens (including phenoxy) is 1. The van der Waals surface area contributed by atoms with Gasteiger partial charge in [0.2, 0.25) is 0 Å². The highest BCUT2D eigenvalue weighted by Gasteiger charge is 2.04. The van der Waals surface area contributed by atoms with Crippen LogP contribution in [-0.4, -0.2) is 17.1 Å². The van der Waals surface area contributed by atoms with Crippen molar-refractivity contribution in [3.05, 3.63) is 47.3 Å². The first-order valence-corrected chi connectivity index (χ1v) is 6.90. The molecular weight excluding hydrogens is 266 g/mol. The number of nitrogen functional groups attached to an aromatic ring is 1. The topological polar surface area (TPSA) is 85.1 Å². The van der Waals surface area contributed by atoms with Gasteiger partial charge in [-0.1, -0.05) is 31.2 Å². The Kier molecular flexibility index (Phi) is 5.48. The molecule has 0 aliphatic carbocycles. The van der Waals surface area contributed by atoms with Gasteiger partial charge in [0.1, 0.15) is 18.2 Å². The summed E-state index contributed by atoms with van der Waals surface area (Å²) in [5.74, 6) is 7.26. The van der Waals surface area contributed by atoms with E-state index in [9.17, 15) is 0 Å². The van der Waals surface area contributed by atoms with Crippen molar-refractivity contribution in [2.24, 2.45) is 5.84 Å². The second-order valence-corrected chi connectivity index (χ2v) is 4.66. The molecule has 1 aromatic carbocycles. The van der Waals surface area contributed by atoms with E-state index in [1.807, 2.05) is 0 Å². The van der Waals surface area contributed by atoms with Gasteiger partial charge >= 0.3 is 0 Å². The first-order valence-electron chi connectivity index (χ1n) is 6.90. The van der Waals surface area contributed by atoms with E-state index >= 15 is 0 Å². The van der Waals surface area contributed by atoms with Crippen LogP contribution in [0.3, 0.4) is 0 Å². The smallest absolute Gasteiger partial charge is 0.158 e. The van der Waals surface area contributed by atoms with Crippen LogP contribution in [0.25, 0.3) is 0 Å². The Balaban J connectivity index is 2.05. The maximum absolute atomic E-state index is 5.41. The Morgan fingerprint density at radius 2 is 1.76 bits per heavy atom. The number of nitrogens with two attached hydrogens (primary N) is 1. The summed E-state index contributed by atoms with van der Waals surface area (Å²) in [7, 11) is 1.61. The van der Waals surface area contributed by atoms with E-state index in [4.69, 9.17) is 10.6 Å². The molecule has 21 heavy (non-hydrogen) atoms. The van der Waals surface area contributed by atoms with Crippen LogP contribution in [0.5, 0.6) is 0 Å². The quantitative estimate of drug-likeness (QED) is 0.534. The molecule has 2 aromatic rings. The number of hydrogen-bond donors (Lipinski definition) is 3. The SMILES string of the molecule is CCc1ccc(CNc2cc(NN)nc(COC)n2)cc1. The maximum Gasteiger partial charge on any atom is 0.158 e. The number of anilines is 2. The molecule has 1 aromatic heterocycles. The van der Waals surface area contributed by atoms with Crippen molar-refractivity contribution in [1.82, 2.24) is 9.97 Å². The van der Waals surface area contributed by atoms with E-state index < -0.39 is 0 Å².